The minimum atomic E-state index is -0.117. The number of rotatable bonds is 11. The van der Waals surface area contributed by atoms with E-state index in [0.29, 0.717) is 25.2 Å². The number of aromatic nitrogens is 5. The molecule has 2 atom stereocenters. The van der Waals surface area contributed by atoms with Crippen LogP contribution in [-0.4, -0.2) is 57.0 Å². The molecule has 38 heavy (non-hydrogen) atoms. The quantitative estimate of drug-likeness (QED) is 0.319. The SMILES string of the molecule is CC[C@@H](c1nnnn1C[C@@H]1CCCO1)N(Cc1ccc(OC)cc1)Cc1cc2cc(OC)ccc2[nH]c1=O. The van der Waals surface area contributed by atoms with Crippen LogP contribution in [0.2, 0.25) is 0 Å². The van der Waals surface area contributed by atoms with Crippen LogP contribution in [0.4, 0.5) is 0 Å². The van der Waals surface area contributed by atoms with Gasteiger partial charge in [0.2, 0.25) is 0 Å². The molecule has 0 unspecified atom stereocenters. The second-order valence-corrected chi connectivity index (χ2v) is 9.61. The molecule has 10 nitrogen and oxygen atoms in total. The van der Waals surface area contributed by atoms with E-state index in [9.17, 15) is 4.79 Å². The fourth-order valence-corrected chi connectivity index (χ4v) is 5.10. The highest BCUT2D eigenvalue weighted by molar-refractivity contribution is 5.80. The molecular formula is C28H34N6O4. The largest absolute Gasteiger partial charge is 0.497 e. The molecule has 0 saturated carbocycles. The van der Waals surface area contributed by atoms with Gasteiger partial charge in [0.25, 0.3) is 5.56 Å². The number of nitrogens with one attached hydrogen (secondary N) is 1. The maximum Gasteiger partial charge on any atom is 0.252 e. The highest BCUT2D eigenvalue weighted by Crippen LogP contribution is 2.28. The van der Waals surface area contributed by atoms with Gasteiger partial charge in [0.1, 0.15) is 11.5 Å². The predicted octanol–water partition coefficient (Wildman–Crippen LogP) is 3.86. The van der Waals surface area contributed by atoms with Crippen LogP contribution in [0.5, 0.6) is 11.5 Å². The molecule has 1 fully saturated rings. The summed E-state index contributed by atoms with van der Waals surface area (Å²) in [5.41, 5.74) is 2.42. The van der Waals surface area contributed by atoms with Crippen molar-refractivity contribution in [3.05, 3.63) is 75.8 Å². The maximum absolute atomic E-state index is 13.2. The number of methoxy groups -OCH3 is 2. The number of hydrogen-bond donors (Lipinski definition) is 1. The van der Waals surface area contributed by atoms with Crippen LogP contribution in [0.3, 0.4) is 0 Å². The molecule has 4 aromatic rings. The van der Waals surface area contributed by atoms with Gasteiger partial charge in [-0.15, -0.1) is 5.10 Å². The average Bonchev–Trinajstić information content (AvgIpc) is 3.62. The Kier molecular flexibility index (Phi) is 8.00. The first-order valence-corrected chi connectivity index (χ1v) is 13.0. The number of benzene rings is 2. The molecule has 1 N–H and O–H groups in total. The first kappa shape index (κ1) is 25.9. The van der Waals surface area contributed by atoms with E-state index < -0.39 is 0 Å². The molecule has 2 aromatic heterocycles. The molecule has 0 amide bonds. The minimum absolute atomic E-state index is 0.114. The van der Waals surface area contributed by atoms with Crippen LogP contribution in [0.15, 0.2) is 53.3 Å². The van der Waals surface area contributed by atoms with E-state index in [2.05, 4.69) is 32.3 Å². The maximum atomic E-state index is 13.2. The number of pyridine rings is 1. The zero-order chi connectivity index (χ0) is 26.5. The van der Waals surface area contributed by atoms with Gasteiger partial charge < -0.3 is 19.2 Å². The van der Waals surface area contributed by atoms with Crippen LogP contribution >= 0.6 is 0 Å². The lowest BCUT2D eigenvalue weighted by molar-refractivity contribution is 0.0888. The number of tetrazole rings is 1. The normalized spacial score (nSPS) is 16.3. The Morgan fingerprint density at radius 1 is 1.11 bits per heavy atom. The third-order valence-electron chi connectivity index (χ3n) is 7.13. The fourth-order valence-electron chi connectivity index (χ4n) is 5.10. The van der Waals surface area contributed by atoms with Crippen molar-refractivity contribution < 1.29 is 14.2 Å². The monoisotopic (exact) mass is 518 g/mol. The van der Waals surface area contributed by atoms with Gasteiger partial charge in [-0.2, -0.15) is 0 Å². The van der Waals surface area contributed by atoms with Gasteiger partial charge in [0.15, 0.2) is 5.82 Å². The molecule has 200 valence electrons. The number of hydrogen-bond acceptors (Lipinski definition) is 8. The third-order valence-corrected chi connectivity index (χ3v) is 7.13. The second-order valence-electron chi connectivity index (χ2n) is 9.61. The van der Waals surface area contributed by atoms with E-state index in [1.54, 1.807) is 14.2 Å². The van der Waals surface area contributed by atoms with E-state index in [4.69, 9.17) is 14.2 Å². The zero-order valence-corrected chi connectivity index (χ0v) is 22.1. The van der Waals surface area contributed by atoms with Crippen molar-refractivity contribution in [1.29, 1.82) is 0 Å². The van der Waals surface area contributed by atoms with Crippen LogP contribution in [0, 0.1) is 0 Å². The summed E-state index contributed by atoms with van der Waals surface area (Å²) in [5.74, 6) is 2.31. The van der Waals surface area contributed by atoms with Crippen molar-refractivity contribution in [2.45, 2.75) is 58.0 Å². The van der Waals surface area contributed by atoms with Gasteiger partial charge in [-0.05, 0) is 71.7 Å². The number of aromatic amines is 1. The lowest BCUT2D eigenvalue weighted by Gasteiger charge is -2.30. The van der Waals surface area contributed by atoms with Gasteiger partial charge in [0.05, 0.1) is 32.9 Å². The number of fused-ring (bicyclic) bond motifs is 1. The van der Waals surface area contributed by atoms with Crippen molar-refractivity contribution in [3.63, 3.8) is 0 Å². The minimum Gasteiger partial charge on any atom is -0.497 e. The van der Waals surface area contributed by atoms with Gasteiger partial charge >= 0.3 is 0 Å². The third kappa shape index (κ3) is 5.71. The number of ether oxygens (including phenoxy) is 3. The van der Waals surface area contributed by atoms with Crippen molar-refractivity contribution in [2.75, 3.05) is 20.8 Å². The van der Waals surface area contributed by atoms with E-state index >= 15 is 0 Å². The predicted molar refractivity (Wildman–Crippen MR) is 143 cm³/mol. The highest BCUT2D eigenvalue weighted by atomic mass is 16.5. The molecule has 3 heterocycles. The lowest BCUT2D eigenvalue weighted by atomic mass is 10.1. The van der Waals surface area contributed by atoms with Crippen molar-refractivity contribution >= 4 is 10.9 Å². The van der Waals surface area contributed by atoms with Gasteiger partial charge in [0, 0.05) is 36.2 Å². The summed E-state index contributed by atoms with van der Waals surface area (Å²) >= 11 is 0. The first-order valence-electron chi connectivity index (χ1n) is 13.0. The van der Waals surface area contributed by atoms with Crippen molar-refractivity contribution in [3.8, 4) is 11.5 Å². The summed E-state index contributed by atoms with van der Waals surface area (Å²) in [6.07, 6.45) is 2.93. The van der Waals surface area contributed by atoms with E-state index in [-0.39, 0.29) is 17.7 Å². The Labute approximate surface area is 221 Å². The van der Waals surface area contributed by atoms with Crippen LogP contribution in [0.1, 0.15) is 49.2 Å². The van der Waals surface area contributed by atoms with E-state index in [0.717, 1.165) is 59.7 Å². The summed E-state index contributed by atoms with van der Waals surface area (Å²) in [4.78, 5) is 18.5. The topological polar surface area (TPSA) is 107 Å². The molecule has 1 saturated heterocycles. The Morgan fingerprint density at radius 2 is 1.89 bits per heavy atom. The Hall–Kier alpha value is -3.76. The molecule has 0 spiro atoms. The average molecular weight is 519 g/mol. The van der Waals surface area contributed by atoms with Crippen molar-refractivity contribution in [1.82, 2.24) is 30.1 Å². The Bertz CT molecular complexity index is 1410. The highest BCUT2D eigenvalue weighted by Gasteiger charge is 2.28. The summed E-state index contributed by atoms with van der Waals surface area (Å²) in [6.45, 7) is 4.53. The molecule has 2 aromatic carbocycles. The molecule has 0 bridgehead atoms. The summed E-state index contributed by atoms with van der Waals surface area (Å²) in [7, 11) is 3.29. The molecule has 1 aliphatic heterocycles. The van der Waals surface area contributed by atoms with Crippen molar-refractivity contribution in [2.24, 2.45) is 0 Å². The summed E-state index contributed by atoms with van der Waals surface area (Å²) in [5, 5.41) is 13.7. The second kappa shape index (κ2) is 11.7. The van der Waals surface area contributed by atoms with Gasteiger partial charge in [-0.1, -0.05) is 19.1 Å². The van der Waals surface area contributed by atoms with E-state index in [1.807, 2.05) is 53.2 Å². The zero-order valence-electron chi connectivity index (χ0n) is 22.1. The van der Waals surface area contributed by atoms with Gasteiger partial charge in [-0.25, -0.2) is 4.68 Å². The summed E-state index contributed by atoms with van der Waals surface area (Å²) < 4.78 is 18.4. The Balaban J connectivity index is 1.50. The molecule has 0 aliphatic carbocycles. The van der Waals surface area contributed by atoms with Gasteiger partial charge in [-0.3, -0.25) is 9.69 Å². The molecule has 0 radical (unpaired) electrons. The molecule has 10 heteroatoms. The first-order chi connectivity index (χ1) is 18.6. The van der Waals surface area contributed by atoms with Crippen LogP contribution < -0.4 is 15.0 Å². The van der Waals surface area contributed by atoms with Crippen LogP contribution in [0.25, 0.3) is 10.9 Å². The Morgan fingerprint density at radius 3 is 2.61 bits per heavy atom. The molecular weight excluding hydrogens is 484 g/mol. The number of H-pyrrole nitrogens is 1. The smallest absolute Gasteiger partial charge is 0.252 e. The lowest BCUT2D eigenvalue weighted by Crippen LogP contribution is -2.33. The molecule has 1 aliphatic rings. The van der Waals surface area contributed by atoms with E-state index in [1.165, 1.54) is 0 Å². The number of nitrogens with zero attached hydrogens (tertiary/aromatic N) is 5. The fraction of sp³-hybridized carbons (Fsp3) is 0.429. The van der Waals surface area contributed by atoms with Crippen LogP contribution in [-0.2, 0) is 24.4 Å². The standard InChI is InChI=1S/C28H34N6O4/c1-4-26(27-30-31-32-34(27)18-24-6-5-13-38-24)33(16-19-7-9-22(36-2)10-8-19)17-21-14-20-15-23(37-3)11-12-25(20)29-28(21)35/h7-12,14-15,24,26H,4-6,13,16-18H2,1-3H3,(H,29,35)/t24-,26-/m0/s1. The molecule has 5 rings (SSSR count). The summed E-state index contributed by atoms with van der Waals surface area (Å²) in [6, 6.07) is 15.5.